The molecular formula is C17H17N4O3. The number of carbonyl (C=O) groups excluding carboxylic acids is 1. The van der Waals surface area contributed by atoms with Crippen molar-refractivity contribution in [2.45, 2.75) is 6.54 Å². The van der Waals surface area contributed by atoms with Gasteiger partial charge >= 0.3 is 0 Å². The summed E-state index contributed by atoms with van der Waals surface area (Å²) in [5.74, 6) is -0.727. The Morgan fingerprint density at radius 3 is 2.83 bits per heavy atom. The monoisotopic (exact) mass is 325 g/mol. The molecule has 1 aromatic carbocycles. The second kappa shape index (κ2) is 6.69. The summed E-state index contributed by atoms with van der Waals surface area (Å²) in [4.78, 5) is 28.8. The topological polar surface area (TPSA) is 124 Å². The first-order valence-electron chi connectivity index (χ1n) is 7.47. The number of primary amides is 1. The van der Waals surface area contributed by atoms with Gasteiger partial charge in [0, 0.05) is 30.1 Å². The quantitative estimate of drug-likeness (QED) is 0.423. The number of fused-ring (bicyclic) bond motifs is 1. The smallest absolute Gasteiger partial charge is 0.265 e. The predicted molar refractivity (Wildman–Crippen MR) is 90.5 cm³/mol. The fraction of sp³-hybridized carbons (Fsp3) is 0.176. The average Bonchev–Trinajstić information content (AvgIpc) is 2.97. The summed E-state index contributed by atoms with van der Waals surface area (Å²) in [7, 11) is 0. The number of pyridine rings is 1. The summed E-state index contributed by atoms with van der Waals surface area (Å²) in [6.07, 6.45) is 0. The van der Waals surface area contributed by atoms with Gasteiger partial charge in [0.25, 0.3) is 11.5 Å². The maximum atomic E-state index is 12.1. The van der Waals surface area contributed by atoms with Gasteiger partial charge in [-0.3, -0.25) is 9.59 Å². The van der Waals surface area contributed by atoms with E-state index in [2.05, 4.69) is 21.4 Å². The molecule has 0 aliphatic heterocycles. The zero-order valence-corrected chi connectivity index (χ0v) is 12.8. The molecule has 0 aliphatic rings. The van der Waals surface area contributed by atoms with Crippen LogP contribution in [0.2, 0.25) is 0 Å². The third kappa shape index (κ3) is 3.22. The summed E-state index contributed by atoms with van der Waals surface area (Å²) in [5.41, 5.74) is 7.68. The number of aromatic amines is 2. The molecule has 0 bridgehead atoms. The summed E-state index contributed by atoms with van der Waals surface area (Å²) in [6.45, 7) is 1.28. The zero-order chi connectivity index (χ0) is 17.1. The fourth-order valence-electron chi connectivity index (χ4n) is 2.51. The van der Waals surface area contributed by atoms with Gasteiger partial charge in [-0.2, -0.15) is 0 Å². The van der Waals surface area contributed by atoms with Crippen LogP contribution in [0.3, 0.4) is 0 Å². The number of nitrogens with one attached hydrogen (secondary N) is 3. The molecular weight excluding hydrogens is 308 g/mol. The first kappa shape index (κ1) is 16.0. The molecule has 2 aromatic heterocycles. The number of amides is 1. The third-order valence-corrected chi connectivity index (χ3v) is 3.68. The summed E-state index contributed by atoms with van der Waals surface area (Å²) >= 11 is 0. The van der Waals surface area contributed by atoms with Crippen molar-refractivity contribution in [3.8, 4) is 11.3 Å². The number of aromatic nitrogens is 2. The number of aliphatic hydroxyl groups excluding tert-OH is 1. The van der Waals surface area contributed by atoms with Crippen LogP contribution in [-0.4, -0.2) is 34.1 Å². The SMILES string of the molecule is NC(=O)c1[c]cc(-c2cc3cc(CNCCO)ccc3[nH]2)c(=O)[nH]1. The molecule has 24 heavy (non-hydrogen) atoms. The summed E-state index contributed by atoms with van der Waals surface area (Å²) in [5, 5.41) is 12.9. The van der Waals surface area contributed by atoms with Crippen LogP contribution in [0.5, 0.6) is 0 Å². The van der Waals surface area contributed by atoms with Crippen LogP contribution in [0.25, 0.3) is 22.2 Å². The van der Waals surface area contributed by atoms with E-state index in [1.165, 1.54) is 6.07 Å². The van der Waals surface area contributed by atoms with Crippen LogP contribution in [0.1, 0.15) is 16.1 Å². The molecule has 0 unspecified atom stereocenters. The Balaban J connectivity index is 1.93. The van der Waals surface area contributed by atoms with E-state index in [-0.39, 0.29) is 12.3 Å². The molecule has 3 aromatic rings. The van der Waals surface area contributed by atoms with E-state index in [4.69, 9.17) is 10.8 Å². The van der Waals surface area contributed by atoms with Gasteiger partial charge in [-0.15, -0.1) is 0 Å². The van der Waals surface area contributed by atoms with E-state index in [1.54, 1.807) is 0 Å². The molecule has 1 radical (unpaired) electrons. The Kier molecular flexibility index (Phi) is 4.45. The van der Waals surface area contributed by atoms with E-state index in [9.17, 15) is 9.59 Å². The van der Waals surface area contributed by atoms with Crippen molar-refractivity contribution < 1.29 is 9.90 Å². The van der Waals surface area contributed by atoms with Crippen molar-refractivity contribution in [1.29, 1.82) is 0 Å². The Labute approximate surface area is 137 Å². The van der Waals surface area contributed by atoms with Crippen molar-refractivity contribution in [2.24, 2.45) is 5.73 Å². The van der Waals surface area contributed by atoms with Crippen LogP contribution in [0.4, 0.5) is 0 Å². The van der Waals surface area contributed by atoms with Crippen LogP contribution < -0.4 is 16.6 Å². The Hall–Kier alpha value is -2.90. The molecule has 0 aliphatic carbocycles. The molecule has 0 atom stereocenters. The van der Waals surface area contributed by atoms with Gasteiger partial charge in [0.05, 0.1) is 17.9 Å². The minimum absolute atomic E-state index is 0.0443. The Bertz CT molecular complexity index is 942. The van der Waals surface area contributed by atoms with Crippen molar-refractivity contribution in [3.63, 3.8) is 0 Å². The van der Waals surface area contributed by atoms with E-state index >= 15 is 0 Å². The first-order chi connectivity index (χ1) is 11.6. The number of nitrogens with two attached hydrogens (primary N) is 1. The number of carbonyl (C=O) groups is 1. The summed E-state index contributed by atoms with van der Waals surface area (Å²) in [6, 6.07) is 11.9. The number of benzene rings is 1. The lowest BCUT2D eigenvalue weighted by Gasteiger charge is -2.02. The highest BCUT2D eigenvalue weighted by Gasteiger charge is 2.10. The Morgan fingerprint density at radius 1 is 1.29 bits per heavy atom. The lowest BCUT2D eigenvalue weighted by Crippen LogP contribution is -2.19. The number of hydrogen-bond acceptors (Lipinski definition) is 4. The van der Waals surface area contributed by atoms with Gasteiger partial charge in [-0.1, -0.05) is 6.07 Å². The van der Waals surface area contributed by atoms with E-state index in [0.717, 1.165) is 16.5 Å². The van der Waals surface area contributed by atoms with Gasteiger partial charge in [0.2, 0.25) is 0 Å². The molecule has 6 N–H and O–H groups in total. The van der Waals surface area contributed by atoms with Crippen molar-refractivity contribution in [2.75, 3.05) is 13.2 Å². The van der Waals surface area contributed by atoms with Crippen molar-refractivity contribution in [1.82, 2.24) is 15.3 Å². The third-order valence-electron chi connectivity index (χ3n) is 3.68. The van der Waals surface area contributed by atoms with Crippen molar-refractivity contribution >= 4 is 16.8 Å². The molecule has 0 fully saturated rings. The minimum Gasteiger partial charge on any atom is -0.395 e. The molecule has 3 rings (SSSR count). The van der Waals surface area contributed by atoms with Gasteiger partial charge in [-0.25, -0.2) is 0 Å². The molecule has 0 saturated carbocycles. The van der Waals surface area contributed by atoms with Crippen LogP contribution >= 0.6 is 0 Å². The van der Waals surface area contributed by atoms with Gasteiger partial charge in [0.15, 0.2) is 0 Å². The molecule has 7 heteroatoms. The maximum absolute atomic E-state index is 12.1. The molecule has 123 valence electrons. The van der Waals surface area contributed by atoms with E-state index in [1.807, 2.05) is 24.3 Å². The average molecular weight is 325 g/mol. The van der Waals surface area contributed by atoms with Crippen LogP contribution in [0, 0.1) is 6.07 Å². The molecule has 0 spiro atoms. The maximum Gasteiger partial charge on any atom is 0.265 e. The van der Waals surface area contributed by atoms with Crippen molar-refractivity contribution in [3.05, 3.63) is 58.0 Å². The second-order valence-electron chi connectivity index (χ2n) is 5.40. The fourth-order valence-corrected chi connectivity index (χ4v) is 2.51. The number of aliphatic hydroxyl groups is 1. The van der Waals surface area contributed by atoms with E-state index in [0.29, 0.717) is 24.3 Å². The van der Waals surface area contributed by atoms with Crippen LogP contribution in [-0.2, 0) is 6.54 Å². The number of rotatable bonds is 6. The number of hydrogen-bond donors (Lipinski definition) is 5. The highest BCUT2D eigenvalue weighted by molar-refractivity contribution is 5.91. The molecule has 0 saturated heterocycles. The van der Waals surface area contributed by atoms with Gasteiger partial charge in [-0.05, 0) is 29.8 Å². The van der Waals surface area contributed by atoms with E-state index < -0.39 is 11.5 Å². The zero-order valence-electron chi connectivity index (χ0n) is 12.8. The predicted octanol–water partition coefficient (Wildman–Crippen LogP) is 0.504. The minimum atomic E-state index is -0.727. The van der Waals surface area contributed by atoms with Crippen LogP contribution in [0.15, 0.2) is 35.1 Å². The standard InChI is InChI=1S/C17H17N4O3/c18-16(23)14-4-2-12(17(24)21-14)15-8-11-7-10(9-19-5-6-22)1-3-13(11)20-15/h1-3,7-8,19-20,22H,5-6,9H2,(H2,18,23)(H,21,24). The largest absolute Gasteiger partial charge is 0.395 e. The first-order valence-corrected chi connectivity index (χ1v) is 7.47. The highest BCUT2D eigenvalue weighted by Crippen LogP contribution is 2.23. The normalized spacial score (nSPS) is 11.0. The lowest BCUT2D eigenvalue weighted by atomic mass is 10.1. The summed E-state index contributed by atoms with van der Waals surface area (Å²) < 4.78 is 0. The lowest BCUT2D eigenvalue weighted by molar-refractivity contribution is 0.0995. The molecule has 1 amide bonds. The molecule has 2 heterocycles. The second-order valence-corrected chi connectivity index (χ2v) is 5.40. The Morgan fingerprint density at radius 2 is 2.12 bits per heavy atom. The molecule has 7 nitrogen and oxygen atoms in total. The number of H-pyrrole nitrogens is 2. The van der Waals surface area contributed by atoms with Gasteiger partial charge in [0.1, 0.15) is 5.69 Å². The highest BCUT2D eigenvalue weighted by atomic mass is 16.3. The van der Waals surface area contributed by atoms with Gasteiger partial charge < -0.3 is 26.1 Å².